The van der Waals surface area contributed by atoms with Crippen LogP contribution in [0.5, 0.6) is 0 Å². The summed E-state index contributed by atoms with van der Waals surface area (Å²) in [5.74, 6) is 0.391. The van der Waals surface area contributed by atoms with Gasteiger partial charge >= 0.3 is 0 Å². The van der Waals surface area contributed by atoms with Gasteiger partial charge in [-0.2, -0.15) is 8.99 Å². The molecule has 0 radical (unpaired) electrons. The van der Waals surface area contributed by atoms with E-state index >= 15 is 0 Å². The highest BCUT2D eigenvalue weighted by atomic mass is 32.2. The molecule has 1 aliphatic heterocycles. The summed E-state index contributed by atoms with van der Waals surface area (Å²) < 4.78 is 28.1. The first-order valence-corrected chi connectivity index (χ1v) is 11.1. The predicted molar refractivity (Wildman–Crippen MR) is 106 cm³/mol. The molecule has 1 atom stereocenters. The first kappa shape index (κ1) is 20.4. The number of carbonyl (C=O) groups excluding carboxylic acids is 1. The van der Waals surface area contributed by atoms with Crippen molar-refractivity contribution in [1.29, 1.82) is 0 Å². The quantitative estimate of drug-likeness (QED) is 0.783. The van der Waals surface area contributed by atoms with Crippen molar-refractivity contribution in [3.05, 3.63) is 29.6 Å². The number of benzene rings is 1. The van der Waals surface area contributed by atoms with Crippen LogP contribution >= 0.6 is 0 Å². The van der Waals surface area contributed by atoms with Gasteiger partial charge in [0.1, 0.15) is 6.04 Å². The van der Waals surface area contributed by atoms with E-state index in [4.69, 9.17) is 0 Å². The Balaban J connectivity index is 1.83. The standard InChI is InChI=1S/C18H26N6O3S/c1-4-11-28(26,27)23-10-6-5-7-16(23)18(25)19-15-9-8-13(2)17(12-15)24-14(3)20-21-22-24/h8-9,12,16H,4-7,10-11H2,1-3H3,(H,19,25). The zero-order valence-corrected chi connectivity index (χ0v) is 17.2. The van der Waals surface area contributed by atoms with Crippen LogP contribution in [-0.2, 0) is 14.8 Å². The van der Waals surface area contributed by atoms with Crippen molar-refractivity contribution >= 4 is 21.6 Å². The molecule has 10 heteroatoms. The average molecular weight is 407 g/mol. The molecule has 0 saturated carbocycles. The number of carbonyl (C=O) groups is 1. The molecule has 152 valence electrons. The molecule has 0 bridgehead atoms. The summed E-state index contributed by atoms with van der Waals surface area (Å²) in [6.07, 6.45) is 2.67. The number of nitrogens with one attached hydrogen (secondary N) is 1. The third-order valence-corrected chi connectivity index (χ3v) is 6.98. The Morgan fingerprint density at radius 3 is 2.75 bits per heavy atom. The number of aryl methyl sites for hydroxylation is 2. The van der Waals surface area contributed by atoms with Crippen LogP contribution in [0.15, 0.2) is 18.2 Å². The van der Waals surface area contributed by atoms with E-state index in [0.29, 0.717) is 30.9 Å². The highest BCUT2D eigenvalue weighted by Gasteiger charge is 2.36. The van der Waals surface area contributed by atoms with E-state index < -0.39 is 16.1 Å². The van der Waals surface area contributed by atoms with E-state index in [0.717, 1.165) is 24.1 Å². The first-order chi connectivity index (χ1) is 13.3. The third kappa shape index (κ3) is 4.22. The molecule has 28 heavy (non-hydrogen) atoms. The molecule has 0 spiro atoms. The largest absolute Gasteiger partial charge is 0.325 e. The van der Waals surface area contributed by atoms with Gasteiger partial charge in [0, 0.05) is 12.2 Å². The molecule has 3 rings (SSSR count). The molecular formula is C18H26N6O3S. The van der Waals surface area contributed by atoms with E-state index in [1.54, 1.807) is 23.7 Å². The lowest BCUT2D eigenvalue weighted by Gasteiger charge is -2.33. The maximum absolute atomic E-state index is 12.9. The van der Waals surface area contributed by atoms with Gasteiger partial charge in [-0.1, -0.05) is 19.4 Å². The van der Waals surface area contributed by atoms with Crippen molar-refractivity contribution in [2.45, 2.75) is 52.5 Å². The molecule has 0 aliphatic carbocycles. The summed E-state index contributed by atoms with van der Waals surface area (Å²) in [6.45, 7) is 5.94. The van der Waals surface area contributed by atoms with Crippen LogP contribution in [-0.4, -0.2) is 57.2 Å². The van der Waals surface area contributed by atoms with E-state index in [1.807, 2.05) is 19.9 Å². The molecule has 1 amide bonds. The summed E-state index contributed by atoms with van der Waals surface area (Å²) in [5.41, 5.74) is 2.30. The summed E-state index contributed by atoms with van der Waals surface area (Å²) in [7, 11) is -3.43. The Labute approximate surface area is 165 Å². The number of anilines is 1. The summed E-state index contributed by atoms with van der Waals surface area (Å²) in [5, 5.41) is 14.4. The van der Waals surface area contributed by atoms with Gasteiger partial charge in [-0.25, -0.2) is 8.42 Å². The van der Waals surface area contributed by atoms with E-state index in [1.165, 1.54) is 4.31 Å². The van der Waals surface area contributed by atoms with E-state index in [-0.39, 0.29) is 11.7 Å². The number of hydrogen-bond donors (Lipinski definition) is 1. The SMILES string of the molecule is CCCS(=O)(=O)N1CCCCC1C(=O)Nc1ccc(C)c(-n2nnnc2C)c1. The number of sulfonamides is 1. The molecule has 1 aliphatic rings. The molecule has 1 saturated heterocycles. The molecule has 2 heterocycles. The van der Waals surface area contributed by atoms with Gasteiger partial charge in [-0.05, 0) is 61.2 Å². The molecule has 1 N–H and O–H groups in total. The smallest absolute Gasteiger partial charge is 0.242 e. The second kappa shape index (κ2) is 8.36. The zero-order valence-electron chi connectivity index (χ0n) is 16.4. The number of aromatic nitrogens is 4. The molecule has 1 fully saturated rings. The van der Waals surface area contributed by atoms with Crippen LogP contribution in [0.1, 0.15) is 44.0 Å². The van der Waals surface area contributed by atoms with E-state index in [9.17, 15) is 13.2 Å². The van der Waals surface area contributed by atoms with Crippen molar-refractivity contribution < 1.29 is 13.2 Å². The maximum atomic E-state index is 12.9. The van der Waals surface area contributed by atoms with Gasteiger partial charge in [-0.15, -0.1) is 5.10 Å². The summed E-state index contributed by atoms with van der Waals surface area (Å²) in [6, 6.07) is 4.79. The van der Waals surface area contributed by atoms with E-state index in [2.05, 4.69) is 20.8 Å². The second-order valence-corrected chi connectivity index (χ2v) is 9.11. The molecule has 9 nitrogen and oxygen atoms in total. The highest BCUT2D eigenvalue weighted by Crippen LogP contribution is 2.24. The van der Waals surface area contributed by atoms with Crippen molar-refractivity contribution in [2.24, 2.45) is 0 Å². The third-order valence-electron chi connectivity index (χ3n) is 4.91. The average Bonchev–Trinajstić information content (AvgIpc) is 3.09. The lowest BCUT2D eigenvalue weighted by molar-refractivity contribution is -0.120. The van der Waals surface area contributed by atoms with Crippen molar-refractivity contribution in [1.82, 2.24) is 24.5 Å². The molecular weight excluding hydrogens is 380 g/mol. The Morgan fingerprint density at radius 1 is 1.29 bits per heavy atom. The Bertz CT molecular complexity index is 956. The number of piperidine rings is 1. The Hall–Kier alpha value is -2.33. The summed E-state index contributed by atoms with van der Waals surface area (Å²) in [4.78, 5) is 12.9. The highest BCUT2D eigenvalue weighted by molar-refractivity contribution is 7.89. The van der Waals surface area contributed by atoms with Gasteiger partial charge in [0.2, 0.25) is 15.9 Å². The van der Waals surface area contributed by atoms with Crippen molar-refractivity contribution in [3.8, 4) is 5.69 Å². The zero-order chi connectivity index (χ0) is 20.3. The fraction of sp³-hybridized carbons (Fsp3) is 0.556. The van der Waals surface area contributed by atoms with Gasteiger partial charge in [0.05, 0.1) is 11.4 Å². The van der Waals surface area contributed by atoms with Crippen LogP contribution in [0.2, 0.25) is 0 Å². The lowest BCUT2D eigenvalue weighted by atomic mass is 10.0. The Morgan fingerprint density at radius 2 is 2.07 bits per heavy atom. The van der Waals surface area contributed by atoms with Gasteiger partial charge < -0.3 is 5.32 Å². The second-order valence-electron chi connectivity index (χ2n) is 7.07. The number of amides is 1. The molecule has 1 aromatic carbocycles. The fourth-order valence-electron chi connectivity index (χ4n) is 3.47. The van der Waals surface area contributed by atoms with Gasteiger partial charge in [0.25, 0.3) is 0 Å². The van der Waals surface area contributed by atoms with Crippen LogP contribution < -0.4 is 5.32 Å². The van der Waals surface area contributed by atoms with Gasteiger partial charge in [0.15, 0.2) is 5.82 Å². The first-order valence-electron chi connectivity index (χ1n) is 9.50. The topological polar surface area (TPSA) is 110 Å². The predicted octanol–water partition coefficient (Wildman–Crippen LogP) is 1.81. The number of nitrogens with zero attached hydrogens (tertiary/aromatic N) is 5. The Kier molecular flexibility index (Phi) is 6.09. The number of tetrazole rings is 1. The maximum Gasteiger partial charge on any atom is 0.242 e. The van der Waals surface area contributed by atoms with Crippen LogP contribution in [0.4, 0.5) is 5.69 Å². The van der Waals surface area contributed by atoms with Crippen molar-refractivity contribution in [3.63, 3.8) is 0 Å². The molecule has 1 unspecified atom stereocenters. The van der Waals surface area contributed by atoms with Crippen LogP contribution in [0.3, 0.4) is 0 Å². The lowest BCUT2D eigenvalue weighted by Crippen LogP contribution is -2.50. The monoisotopic (exact) mass is 406 g/mol. The normalized spacial score (nSPS) is 18.2. The van der Waals surface area contributed by atoms with Crippen LogP contribution in [0, 0.1) is 13.8 Å². The molecule has 1 aromatic heterocycles. The van der Waals surface area contributed by atoms with Gasteiger partial charge in [-0.3, -0.25) is 4.79 Å². The number of rotatable bonds is 6. The van der Waals surface area contributed by atoms with Crippen LogP contribution in [0.25, 0.3) is 5.69 Å². The summed E-state index contributed by atoms with van der Waals surface area (Å²) >= 11 is 0. The fourth-order valence-corrected chi connectivity index (χ4v) is 5.22. The number of hydrogen-bond acceptors (Lipinski definition) is 6. The molecule has 2 aromatic rings. The minimum Gasteiger partial charge on any atom is -0.325 e. The minimum atomic E-state index is -3.43. The van der Waals surface area contributed by atoms with Crippen molar-refractivity contribution in [2.75, 3.05) is 17.6 Å². The minimum absolute atomic E-state index is 0.0596.